The number of para-hydroxylation sites is 2. The molecule has 1 fully saturated rings. The minimum atomic E-state index is 0.356. The van der Waals surface area contributed by atoms with Gasteiger partial charge in [-0.25, -0.2) is 4.68 Å². The summed E-state index contributed by atoms with van der Waals surface area (Å²) in [6.07, 6.45) is 0. The van der Waals surface area contributed by atoms with Gasteiger partial charge in [-0.05, 0) is 36.5 Å². The van der Waals surface area contributed by atoms with E-state index in [-0.39, 0.29) is 0 Å². The Hall–Kier alpha value is -2.35. The Kier molecular flexibility index (Phi) is 5.66. The van der Waals surface area contributed by atoms with Crippen LogP contribution in [0.1, 0.15) is 0 Å². The summed E-state index contributed by atoms with van der Waals surface area (Å²) in [6, 6.07) is 15.6. The van der Waals surface area contributed by atoms with Gasteiger partial charge in [0.05, 0.1) is 30.1 Å². The fraction of sp³-hybridized carbons (Fsp3) is 0.300. The summed E-state index contributed by atoms with van der Waals surface area (Å²) in [5, 5.41) is 5.35. The first-order chi connectivity index (χ1) is 13.7. The molecule has 1 aliphatic heterocycles. The van der Waals surface area contributed by atoms with Gasteiger partial charge in [0.2, 0.25) is 0 Å². The number of nitrogens with zero attached hydrogens (tertiary/aromatic N) is 4. The molecule has 3 aromatic rings. The zero-order valence-corrected chi connectivity index (χ0v) is 17.1. The number of aromatic nitrogens is 2. The van der Waals surface area contributed by atoms with Crippen LogP contribution in [0.2, 0.25) is 5.02 Å². The molecule has 0 atom stereocenters. The van der Waals surface area contributed by atoms with E-state index in [2.05, 4.69) is 21.0 Å². The van der Waals surface area contributed by atoms with Crippen molar-refractivity contribution in [2.75, 3.05) is 38.2 Å². The van der Waals surface area contributed by atoms with Crippen LogP contribution in [0, 0.1) is 4.84 Å². The van der Waals surface area contributed by atoms with Crippen molar-refractivity contribution in [3.8, 4) is 17.2 Å². The van der Waals surface area contributed by atoms with Crippen LogP contribution in [-0.4, -0.2) is 48.0 Å². The maximum atomic E-state index is 6.32. The quantitative estimate of drug-likeness (QED) is 0.577. The van der Waals surface area contributed by atoms with E-state index >= 15 is 0 Å². The Morgan fingerprint density at radius 1 is 1.07 bits per heavy atom. The van der Waals surface area contributed by atoms with Crippen molar-refractivity contribution >= 4 is 29.5 Å². The Bertz CT molecular complexity index is 1010. The standard InChI is InChI=1S/C20H21ClN4O2S/c1-26-18-9-5-2-6-15(18)19-22-25(20(28)27-19)14-23-10-12-24(13-11-23)17-8-4-3-7-16(17)21/h2-9H,10-14H2,1H3. The molecule has 0 bridgehead atoms. The van der Waals surface area contributed by atoms with Crippen LogP contribution in [0.15, 0.2) is 52.9 Å². The molecule has 4 rings (SSSR count). The normalized spacial score (nSPS) is 15.0. The van der Waals surface area contributed by atoms with Gasteiger partial charge < -0.3 is 14.1 Å². The predicted molar refractivity (Wildman–Crippen MR) is 113 cm³/mol. The number of rotatable bonds is 5. The minimum absolute atomic E-state index is 0.356. The third kappa shape index (κ3) is 3.92. The Balaban J connectivity index is 1.44. The van der Waals surface area contributed by atoms with Crippen LogP contribution in [0.3, 0.4) is 0 Å². The molecule has 1 saturated heterocycles. The molecule has 0 spiro atoms. The zero-order valence-electron chi connectivity index (χ0n) is 15.5. The van der Waals surface area contributed by atoms with Crippen molar-refractivity contribution in [3.05, 3.63) is 58.4 Å². The number of benzene rings is 2. The summed E-state index contributed by atoms with van der Waals surface area (Å²) in [6.45, 7) is 4.17. The first kappa shape index (κ1) is 19.0. The third-order valence-electron chi connectivity index (χ3n) is 4.84. The molecular weight excluding hydrogens is 396 g/mol. The average molecular weight is 417 g/mol. The lowest BCUT2D eigenvalue weighted by molar-refractivity contribution is 0.192. The van der Waals surface area contributed by atoms with Gasteiger partial charge in [-0.1, -0.05) is 35.9 Å². The molecule has 1 aliphatic rings. The van der Waals surface area contributed by atoms with Crippen molar-refractivity contribution < 1.29 is 9.15 Å². The van der Waals surface area contributed by atoms with Crippen LogP contribution in [0.25, 0.3) is 11.5 Å². The molecule has 2 heterocycles. The van der Waals surface area contributed by atoms with Crippen LogP contribution in [0.4, 0.5) is 5.69 Å². The van der Waals surface area contributed by atoms with E-state index in [4.69, 9.17) is 33.0 Å². The average Bonchev–Trinajstić information content (AvgIpc) is 3.09. The van der Waals surface area contributed by atoms with Crippen LogP contribution in [-0.2, 0) is 6.67 Å². The fourth-order valence-corrected chi connectivity index (χ4v) is 3.79. The Labute approximate surface area is 173 Å². The lowest BCUT2D eigenvalue weighted by Gasteiger charge is -2.36. The molecule has 0 N–H and O–H groups in total. The zero-order chi connectivity index (χ0) is 19.5. The summed E-state index contributed by atoms with van der Waals surface area (Å²) in [5.41, 5.74) is 1.87. The van der Waals surface area contributed by atoms with E-state index in [9.17, 15) is 0 Å². The number of ether oxygens (including phenoxy) is 1. The van der Waals surface area contributed by atoms with Crippen molar-refractivity contribution in [2.45, 2.75) is 6.67 Å². The van der Waals surface area contributed by atoms with E-state index < -0.39 is 0 Å². The van der Waals surface area contributed by atoms with E-state index in [1.807, 2.05) is 42.5 Å². The maximum absolute atomic E-state index is 6.32. The highest BCUT2D eigenvalue weighted by atomic mass is 35.5. The summed E-state index contributed by atoms with van der Waals surface area (Å²) in [4.78, 5) is 4.97. The van der Waals surface area contributed by atoms with E-state index in [0.717, 1.165) is 42.5 Å². The van der Waals surface area contributed by atoms with Gasteiger partial charge in [0.1, 0.15) is 5.75 Å². The second kappa shape index (κ2) is 8.34. The third-order valence-corrected chi connectivity index (χ3v) is 5.46. The van der Waals surface area contributed by atoms with Crippen molar-refractivity contribution in [1.29, 1.82) is 0 Å². The minimum Gasteiger partial charge on any atom is -0.496 e. The molecule has 0 amide bonds. The largest absolute Gasteiger partial charge is 0.496 e. The summed E-state index contributed by atoms with van der Waals surface area (Å²) < 4.78 is 12.8. The molecular formula is C20H21ClN4O2S. The van der Waals surface area contributed by atoms with Gasteiger partial charge in [-0.3, -0.25) is 4.90 Å². The maximum Gasteiger partial charge on any atom is 0.288 e. The van der Waals surface area contributed by atoms with Gasteiger partial charge in [0.15, 0.2) is 0 Å². The number of piperazine rings is 1. The van der Waals surface area contributed by atoms with E-state index in [0.29, 0.717) is 23.1 Å². The molecule has 0 saturated carbocycles. The SMILES string of the molecule is COc1ccccc1-c1nn(CN2CCN(c3ccccc3Cl)CC2)c(=S)o1. The van der Waals surface area contributed by atoms with E-state index in [1.165, 1.54) is 0 Å². The Morgan fingerprint density at radius 2 is 1.79 bits per heavy atom. The lowest BCUT2D eigenvalue weighted by Crippen LogP contribution is -2.47. The van der Waals surface area contributed by atoms with E-state index in [1.54, 1.807) is 11.8 Å². The lowest BCUT2D eigenvalue weighted by atomic mass is 10.2. The van der Waals surface area contributed by atoms with Crippen LogP contribution >= 0.6 is 23.8 Å². The first-order valence-corrected chi connectivity index (χ1v) is 9.87. The second-order valence-electron chi connectivity index (χ2n) is 6.57. The smallest absolute Gasteiger partial charge is 0.288 e. The number of anilines is 1. The molecule has 1 aromatic heterocycles. The van der Waals surface area contributed by atoms with Gasteiger partial charge in [-0.15, -0.1) is 5.10 Å². The molecule has 146 valence electrons. The first-order valence-electron chi connectivity index (χ1n) is 9.09. The summed E-state index contributed by atoms with van der Waals surface area (Å²) >= 11 is 11.7. The van der Waals surface area contributed by atoms with Gasteiger partial charge in [-0.2, -0.15) is 0 Å². The van der Waals surface area contributed by atoms with Crippen molar-refractivity contribution in [1.82, 2.24) is 14.7 Å². The monoisotopic (exact) mass is 416 g/mol. The topological polar surface area (TPSA) is 46.7 Å². The van der Waals surface area contributed by atoms with Gasteiger partial charge in [0.25, 0.3) is 10.7 Å². The molecule has 0 unspecified atom stereocenters. The van der Waals surface area contributed by atoms with Gasteiger partial charge in [0, 0.05) is 26.2 Å². The number of hydrogen-bond acceptors (Lipinski definition) is 6. The summed E-state index contributed by atoms with van der Waals surface area (Å²) in [5.74, 6) is 1.18. The summed E-state index contributed by atoms with van der Waals surface area (Å²) in [7, 11) is 1.63. The second-order valence-corrected chi connectivity index (χ2v) is 7.33. The number of methoxy groups -OCH3 is 1. The van der Waals surface area contributed by atoms with Crippen molar-refractivity contribution in [3.63, 3.8) is 0 Å². The molecule has 2 aromatic carbocycles. The predicted octanol–water partition coefficient (Wildman–Crippen LogP) is 4.31. The highest BCUT2D eigenvalue weighted by Crippen LogP contribution is 2.29. The van der Waals surface area contributed by atoms with Crippen LogP contribution in [0.5, 0.6) is 5.75 Å². The molecule has 8 heteroatoms. The Morgan fingerprint density at radius 3 is 2.54 bits per heavy atom. The fourth-order valence-electron chi connectivity index (χ4n) is 3.35. The molecule has 28 heavy (non-hydrogen) atoms. The number of hydrogen-bond donors (Lipinski definition) is 0. The highest BCUT2D eigenvalue weighted by Gasteiger charge is 2.20. The highest BCUT2D eigenvalue weighted by molar-refractivity contribution is 7.71. The molecule has 0 radical (unpaired) electrons. The van der Waals surface area contributed by atoms with Gasteiger partial charge >= 0.3 is 0 Å². The molecule has 6 nitrogen and oxygen atoms in total. The molecule has 0 aliphatic carbocycles. The van der Waals surface area contributed by atoms with Crippen molar-refractivity contribution in [2.24, 2.45) is 0 Å². The van der Waals surface area contributed by atoms with Crippen LogP contribution < -0.4 is 9.64 Å². The number of halogens is 1.